The van der Waals surface area contributed by atoms with Gasteiger partial charge in [0.05, 0.1) is 25.3 Å². The highest BCUT2D eigenvalue weighted by atomic mass is 19.4. The third kappa shape index (κ3) is 6.98. The Kier molecular flexibility index (Phi) is 8.06. The lowest BCUT2D eigenvalue weighted by Crippen LogP contribution is -2.52. The molecule has 1 aromatic rings. The van der Waals surface area contributed by atoms with Crippen molar-refractivity contribution < 1.29 is 32.2 Å². The Morgan fingerprint density at radius 2 is 1.74 bits per heavy atom. The van der Waals surface area contributed by atoms with Crippen molar-refractivity contribution >= 4 is 17.8 Å². The normalized spacial score (nSPS) is 19.1. The summed E-state index contributed by atoms with van der Waals surface area (Å²) < 4.78 is 49.1. The first-order chi connectivity index (χ1) is 15.5. The Balaban J connectivity index is 2.44. The van der Waals surface area contributed by atoms with Crippen LogP contribution >= 0.6 is 0 Å². The van der Waals surface area contributed by atoms with Gasteiger partial charge in [-0.3, -0.25) is 4.99 Å². The number of ether oxygens (including phenoxy) is 2. The molecule has 7 nitrogen and oxygen atoms in total. The Morgan fingerprint density at radius 1 is 1.15 bits per heavy atom. The largest absolute Gasteiger partial charge is 0.461 e. The zero-order valence-electron chi connectivity index (χ0n) is 20.4. The summed E-state index contributed by atoms with van der Waals surface area (Å²) in [6, 6.07) is 4.70. The molecule has 0 bridgehead atoms. The van der Waals surface area contributed by atoms with E-state index in [2.05, 4.69) is 4.99 Å². The highest BCUT2D eigenvalue weighted by molar-refractivity contribution is 6.10. The lowest BCUT2D eigenvalue weighted by molar-refractivity contribution is -0.139. The number of carbonyl (C=O) groups excluding carboxylic acids is 2. The van der Waals surface area contributed by atoms with Crippen LogP contribution in [-0.2, 0) is 27.0 Å². The maximum absolute atomic E-state index is 12.8. The molecule has 10 heteroatoms. The summed E-state index contributed by atoms with van der Waals surface area (Å²) in [5.74, 6) is -0.735. The minimum absolute atomic E-state index is 0.0190. The first-order valence-electron chi connectivity index (χ1n) is 10.9. The number of hydrogen-bond acceptors (Lipinski definition) is 6. The second-order valence-corrected chi connectivity index (χ2v) is 9.69. The molecule has 0 radical (unpaired) electrons. The van der Waals surface area contributed by atoms with Crippen LogP contribution in [0.2, 0.25) is 0 Å². The molecule has 1 heterocycles. The van der Waals surface area contributed by atoms with Crippen LogP contribution in [-0.4, -0.2) is 48.0 Å². The molecule has 1 aliphatic heterocycles. The number of likely N-dealkylation sites (tertiary alicyclic amines) is 1. The van der Waals surface area contributed by atoms with E-state index in [-0.39, 0.29) is 31.9 Å². The Hall–Kier alpha value is -3.04. The molecule has 1 aliphatic rings. The zero-order valence-corrected chi connectivity index (χ0v) is 20.4. The van der Waals surface area contributed by atoms with E-state index in [1.165, 1.54) is 17.0 Å². The van der Waals surface area contributed by atoms with Gasteiger partial charge in [-0.2, -0.15) is 13.2 Å². The molecule has 0 atom stereocenters. The summed E-state index contributed by atoms with van der Waals surface area (Å²) >= 11 is 0. The van der Waals surface area contributed by atoms with E-state index >= 15 is 0 Å². The predicted molar refractivity (Wildman–Crippen MR) is 122 cm³/mol. The number of alkyl halides is 3. The van der Waals surface area contributed by atoms with Crippen molar-refractivity contribution in [1.82, 2.24) is 4.90 Å². The number of hydrogen-bond donors (Lipinski definition) is 1. The van der Waals surface area contributed by atoms with Gasteiger partial charge in [0.1, 0.15) is 11.3 Å². The fraction of sp³-hybridized carbons (Fsp3) is 0.542. The highest BCUT2D eigenvalue weighted by Gasteiger charge is 2.41. The first kappa shape index (κ1) is 27.2. The number of esters is 1. The van der Waals surface area contributed by atoms with Gasteiger partial charge in [0.2, 0.25) is 0 Å². The minimum atomic E-state index is -4.43. The van der Waals surface area contributed by atoms with E-state index in [0.29, 0.717) is 16.8 Å². The Morgan fingerprint density at radius 3 is 2.24 bits per heavy atom. The molecule has 0 aliphatic carbocycles. The lowest BCUT2D eigenvalue weighted by Gasteiger charge is -2.41. The maximum atomic E-state index is 12.8. The van der Waals surface area contributed by atoms with Gasteiger partial charge >= 0.3 is 18.2 Å². The van der Waals surface area contributed by atoms with Gasteiger partial charge in [0.15, 0.2) is 0 Å². The van der Waals surface area contributed by atoms with E-state index in [4.69, 9.17) is 15.2 Å². The molecular formula is C24H32F3N3O4. The van der Waals surface area contributed by atoms with Crippen LogP contribution in [0.4, 0.5) is 18.0 Å². The number of rotatable bonds is 4. The molecule has 2 rings (SSSR count). The van der Waals surface area contributed by atoms with E-state index in [9.17, 15) is 22.8 Å². The smallest absolute Gasteiger partial charge is 0.416 e. The van der Waals surface area contributed by atoms with Crippen molar-refractivity contribution in [1.29, 1.82) is 0 Å². The monoisotopic (exact) mass is 483 g/mol. The van der Waals surface area contributed by atoms with Crippen LogP contribution in [0.5, 0.6) is 0 Å². The van der Waals surface area contributed by atoms with Gasteiger partial charge in [-0.25, -0.2) is 9.59 Å². The number of piperidine rings is 1. The van der Waals surface area contributed by atoms with E-state index < -0.39 is 34.8 Å². The van der Waals surface area contributed by atoms with E-state index in [1.54, 1.807) is 27.7 Å². The van der Waals surface area contributed by atoms with Gasteiger partial charge < -0.3 is 20.1 Å². The number of aliphatic imine (C=N–C) groups is 1. The second-order valence-electron chi connectivity index (χ2n) is 9.69. The van der Waals surface area contributed by atoms with Crippen molar-refractivity contribution in [3.05, 3.63) is 46.7 Å². The average Bonchev–Trinajstić information content (AvgIpc) is 2.69. The van der Waals surface area contributed by atoms with Crippen LogP contribution in [0.25, 0.3) is 0 Å². The molecule has 1 saturated heterocycles. The average molecular weight is 484 g/mol. The number of benzene rings is 1. The van der Waals surface area contributed by atoms with Gasteiger partial charge in [-0.15, -0.1) is 0 Å². The molecule has 1 amide bonds. The van der Waals surface area contributed by atoms with Crippen LogP contribution in [0.15, 0.2) is 40.5 Å². The summed E-state index contributed by atoms with van der Waals surface area (Å²) in [7, 11) is 0. The van der Waals surface area contributed by atoms with E-state index in [0.717, 1.165) is 12.1 Å². The van der Waals surface area contributed by atoms with Crippen molar-refractivity contribution in [2.75, 3.05) is 19.7 Å². The molecule has 0 aromatic heterocycles. The number of halogens is 3. The predicted octanol–water partition coefficient (Wildman–Crippen LogP) is 4.70. The summed E-state index contributed by atoms with van der Waals surface area (Å²) in [6.07, 6.45) is -4.98. The summed E-state index contributed by atoms with van der Waals surface area (Å²) in [4.78, 5) is 31.2. The second kappa shape index (κ2) is 10.1. The van der Waals surface area contributed by atoms with Gasteiger partial charge in [0, 0.05) is 23.2 Å². The molecule has 2 N–H and O–H groups in total. The fourth-order valence-electron chi connectivity index (χ4n) is 3.56. The van der Waals surface area contributed by atoms with Gasteiger partial charge in [-0.05, 0) is 45.4 Å². The summed E-state index contributed by atoms with van der Waals surface area (Å²) in [5, 5.41) is 0. The van der Waals surface area contributed by atoms with Crippen LogP contribution in [0.3, 0.4) is 0 Å². The number of amides is 1. The topological polar surface area (TPSA) is 94.2 Å². The Labute approximate surface area is 197 Å². The highest BCUT2D eigenvalue weighted by Crippen LogP contribution is 2.33. The standard InChI is InChI=1S/C24H32F3N3O4/c1-7-33-20(31)18(28)17-13-30(21(32)34-22(2,3)4)14-23(5,6)19(17)29-12-15-8-10-16(11-9-15)24(25,26)27/h8-11H,7,12-14,28H2,1-6H3/b18-17-,29-19?. The summed E-state index contributed by atoms with van der Waals surface area (Å²) in [6.45, 7) is 11.0. The fourth-order valence-corrected chi connectivity index (χ4v) is 3.56. The van der Waals surface area contributed by atoms with E-state index in [1.807, 2.05) is 13.8 Å². The van der Waals surface area contributed by atoms with Crippen LogP contribution in [0.1, 0.15) is 52.7 Å². The number of carbonyl (C=O) groups is 2. The maximum Gasteiger partial charge on any atom is 0.416 e. The van der Waals surface area contributed by atoms with Crippen molar-refractivity contribution in [2.45, 2.75) is 59.9 Å². The van der Waals surface area contributed by atoms with Crippen molar-refractivity contribution in [2.24, 2.45) is 16.1 Å². The van der Waals surface area contributed by atoms with Gasteiger partial charge in [-0.1, -0.05) is 26.0 Å². The van der Waals surface area contributed by atoms with Crippen LogP contribution < -0.4 is 5.73 Å². The zero-order chi connectivity index (χ0) is 25.9. The first-order valence-corrected chi connectivity index (χ1v) is 10.9. The molecule has 1 fully saturated rings. The Bertz CT molecular complexity index is 975. The molecule has 0 saturated carbocycles. The number of nitrogens with two attached hydrogens (primary N) is 1. The molecule has 1 aromatic carbocycles. The SMILES string of the molecule is CCOC(=O)/C(N)=C1\CN(C(=O)OC(C)(C)C)CC(C)(C)C1=NCc1ccc(C(F)(F)F)cc1. The quantitative estimate of drug-likeness (QED) is 0.495. The molecule has 0 unspecified atom stereocenters. The summed E-state index contributed by atoms with van der Waals surface area (Å²) in [5.41, 5.74) is 5.14. The third-order valence-electron chi connectivity index (χ3n) is 5.04. The minimum Gasteiger partial charge on any atom is -0.461 e. The molecule has 188 valence electrons. The molecule has 0 spiro atoms. The molecule has 34 heavy (non-hydrogen) atoms. The van der Waals surface area contributed by atoms with Gasteiger partial charge in [0.25, 0.3) is 0 Å². The molecular weight excluding hydrogens is 451 g/mol. The lowest BCUT2D eigenvalue weighted by atomic mass is 9.78. The van der Waals surface area contributed by atoms with Crippen molar-refractivity contribution in [3.63, 3.8) is 0 Å². The van der Waals surface area contributed by atoms with Crippen molar-refractivity contribution in [3.8, 4) is 0 Å². The number of nitrogens with zero attached hydrogens (tertiary/aromatic N) is 2. The third-order valence-corrected chi connectivity index (χ3v) is 5.04. The van der Waals surface area contributed by atoms with Crippen LogP contribution in [0, 0.1) is 5.41 Å².